The summed E-state index contributed by atoms with van der Waals surface area (Å²) in [6.07, 6.45) is 0. The monoisotopic (exact) mass is 476 g/mol. The van der Waals surface area contributed by atoms with Crippen molar-refractivity contribution < 1.29 is 37.7 Å². The molecule has 9 nitrogen and oxygen atoms in total. The van der Waals surface area contributed by atoms with Gasteiger partial charge in [-0.3, -0.25) is 4.79 Å². The summed E-state index contributed by atoms with van der Waals surface area (Å²) in [7, 11) is 0. The minimum absolute atomic E-state index is 0.187. The average Bonchev–Trinajstić information content (AvgIpc) is 2.84. The van der Waals surface area contributed by atoms with E-state index in [0.717, 1.165) is 11.8 Å². The number of amides is 1. The number of esters is 1. The molecule has 0 saturated carbocycles. The molecule has 0 bridgehead atoms. The number of benzene rings is 2. The molecule has 0 atom stereocenters. The van der Waals surface area contributed by atoms with Crippen LogP contribution in [0.3, 0.4) is 0 Å². The minimum Gasteiger partial charge on any atom is -0.492 e. The maximum Gasteiger partial charge on any atom is 0.344 e. The largest absolute Gasteiger partial charge is 0.492 e. The first kappa shape index (κ1) is 25.1. The molecule has 10 heteroatoms. The van der Waals surface area contributed by atoms with Gasteiger partial charge >= 0.3 is 5.97 Å². The molecule has 1 amide bonds. The number of ether oxygens (including phenoxy) is 5. The number of hydrogen-bond donors (Lipinski definition) is 1. The standard InChI is InChI=1S/C24H29FN2O7/c1-3-31-21-14-20(27-8-10-30-11-9-27)22(32-4-2)13-19(21)26-23(28)15-34-24(29)16-33-18-7-5-6-17(25)12-18/h5-7,12-14H,3-4,8-11,15-16H2,1-2H3,(H,26,28). The molecule has 1 fully saturated rings. The van der Waals surface area contributed by atoms with Gasteiger partial charge in [-0.05, 0) is 26.0 Å². The fourth-order valence-corrected chi connectivity index (χ4v) is 3.32. The van der Waals surface area contributed by atoms with Gasteiger partial charge in [-0.1, -0.05) is 6.07 Å². The van der Waals surface area contributed by atoms with E-state index in [4.69, 9.17) is 23.7 Å². The molecule has 0 aliphatic carbocycles. The van der Waals surface area contributed by atoms with Gasteiger partial charge in [0.15, 0.2) is 13.2 Å². The first-order valence-corrected chi connectivity index (χ1v) is 11.1. The molecule has 0 spiro atoms. The van der Waals surface area contributed by atoms with Crippen molar-refractivity contribution in [3.05, 3.63) is 42.2 Å². The van der Waals surface area contributed by atoms with Crippen molar-refractivity contribution in [2.24, 2.45) is 0 Å². The van der Waals surface area contributed by atoms with Crippen molar-refractivity contribution in [1.29, 1.82) is 0 Å². The zero-order valence-corrected chi connectivity index (χ0v) is 19.3. The molecule has 3 rings (SSSR count). The lowest BCUT2D eigenvalue weighted by Gasteiger charge is -2.31. The van der Waals surface area contributed by atoms with Crippen molar-refractivity contribution in [3.63, 3.8) is 0 Å². The van der Waals surface area contributed by atoms with Crippen LogP contribution in [0.1, 0.15) is 13.8 Å². The molecular formula is C24H29FN2O7. The lowest BCUT2D eigenvalue weighted by Crippen LogP contribution is -2.36. The van der Waals surface area contributed by atoms with Gasteiger partial charge in [-0.25, -0.2) is 9.18 Å². The van der Waals surface area contributed by atoms with Crippen molar-refractivity contribution in [2.45, 2.75) is 13.8 Å². The molecular weight excluding hydrogens is 447 g/mol. The third kappa shape index (κ3) is 7.24. The number of morpholine rings is 1. The number of hydrogen-bond acceptors (Lipinski definition) is 8. The van der Waals surface area contributed by atoms with Crippen molar-refractivity contribution in [2.75, 3.05) is 62.9 Å². The molecule has 1 heterocycles. The van der Waals surface area contributed by atoms with E-state index in [1.54, 1.807) is 6.07 Å². The van der Waals surface area contributed by atoms with Gasteiger partial charge in [0.05, 0.1) is 37.8 Å². The number of nitrogens with one attached hydrogen (secondary N) is 1. The van der Waals surface area contributed by atoms with Crippen LogP contribution in [0.4, 0.5) is 15.8 Å². The minimum atomic E-state index is -0.762. The van der Waals surface area contributed by atoms with E-state index in [0.29, 0.717) is 56.7 Å². The van der Waals surface area contributed by atoms with Crippen molar-refractivity contribution in [1.82, 2.24) is 0 Å². The second-order valence-corrected chi connectivity index (χ2v) is 7.24. The van der Waals surface area contributed by atoms with Crippen LogP contribution in [0.15, 0.2) is 36.4 Å². The lowest BCUT2D eigenvalue weighted by atomic mass is 10.2. The zero-order chi connectivity index (χ0) is 24.3. The summed E-state index contributed by atoms with van der Waals surface area (Å²) in [6.45, 7) is 6.24. The molecule has 0 radical (unpaired) electrons. The summed E-state index contributed by atoms with van der Waals surface area (Å²) >= 11 is 0. The summed E-state index contributed by atoms with van der Waals surface area (Å²) in [5, 5.41) is 2.71. The SMILES string of the molecule is CCOc1cc(N2CCOCC2)c(OCC)cc1NC(=O)COC(=O)COc1cccc(F)c1. The molecule has 2 aromatic rings. The normalized spacial score (nSPS) is 13.2. The first-order valence-electron chi connectivity index (χ1n) is 11.1. The van der Waals surface area contributed by atoms with E-state index in [-0.39, 0.29) is 5.75 Å². The third-order valence-corrected chi connectivity index (χ3v) is 4.80. The van der Waals surface area contributed by atoms with Crippen LogP contribution in [0, 0.1) is 5.82 Å². The fraction of sp³-hybridized carbons (Fsp3) is 0.417. The van der Waals surface area contributed by atoms with Crippen LogP contribution >= 0.6 is 0 Å². The molecule has 1 saturated heterocycles. The topological polar surface area (TPSA) is 95.6 Å². The maximum atomic E-state index is 13.2. The summed E-state index contributed by atoms with van der Waals surface area (Å²) in [6, 6.07) is 8.90. The Bertz CT molecular complexity index is 980. The highest BCUT2D eigenvalue weighted by Gasteiger charge is 2.21. The summed E-state index contributed by atoms with van der Waals surface area (Å²) in [5.74, 6) is -0.540. The van der Waals surface area contributed by atoms with Crippen LogP contribution in [0.2, 0.25) is 0 Å². The van der Waals surface area contributed by atoms with Gasteiger partial charge in [0.2, 0.25) is 0 Å². The number of carbonyl (C=O) groups excluding carboxylic acids is 2. The van der Waals surface area contributed by atoms with Gasteiger partial charge in [0, 0.05) is 31.3 Å². The van der Waals surface area contributed by atoms with Crippen LogP contribution in [0.5, 0.6) is 17.2 Å². The number of halogens is 1. The zero-order valence-electron chi connectivity index (χ0n) is 19.3. The van der Waals surface area contributed by atoms with E-state index >= 15 is 0 Å². The number of rotatable bonds is 11. The molecule has 34 heavy (non-hydrogen) atoms. The van der Waals surface area contributed by atoms with Crippen LogP contribution in [-0.2, 0) is 19.1 Å². The predicted molar refractivity (Wildman–Crippen MR) is 123 cm³/mol. The van der Waals surface area contributed by atoms with E-state index in [1.165, 1.54) is 18.2 Å². The maximum absolute atomic E-state index is 13.2. The van der Waals surface area contributed by atoms with E-state index in [9.17, 15) is 14.0 Å². The highest BCUT2D eigenvalue weighted by molar-refractivity contribution is 5.95. The molecule has 2 aromatic carbocycles. The van der Waals surface area contributed by atoms with Crippen LogP contribution in [-0.4, -0.2) is 64.6 Å². The quantitative estimate of drug-likeness (QED) is 0.495. The van der Waals surface area contributed by atoms with E-state index < -0.39 is 30.9 Å². The van der Waals surface area contributed by atoms with Crippen LogP contribution < -0.4 is 24.4 Å². The van der Waals surface area contributed by atoms with E-state index in [2.05, 4.69) is 10.2 Å². The lowest BCUT2D eigenvalue weighted by molar-refractivity contribution is -0.149. The molecule has 1 aliphatic heterocycles. The van der Waals surface area contributed by atoms with Crippen molar-refractivity contribution >= 4 is 23.3 Å². The Hall–Kier alpha value is -3.53. The van der Waals surface area contributed by atoms with E-state index in [1.807, 2.05) is 19.9 Å². The van der Waals surface area contributed by atoms with Gasteiger partial charge in [0.1, 0.15) is 23.1 Å². The highest BCUT2D eigenvalue weighted by Crippen LogP contribution is 2.39. The van der Waals surface area contributed by atoms with Crippen LogP contribution in [0.25, 0.3) is 0 Å². The van der Waals surface area contributed by atoms with Gasteiger partial charge in [-0.2, -0.15) is 0 Å². The third-order valence-electron chi connectivity index (χ3n) is 4.80. The average molecular weight is 477 g/mol. The highest BCUT2D eigenvalue weighted by atomic mass is 19.1. The van der Waals surface area contributed by atoms with Gasteiger partial charge < -0.3 is 33.9 Å². The van der Waals surface area contributed by atoms with Gasteiger partial charge in [-0.15, -0.1) is 0 Å². The smallest absolute Gasteiger partial charge is 0.344 e. The Labute approximate surface area is 197 Å². The second kappa shape index (κ2) is 12.6. The second-order valence-electron chi connectivity index (χ2n) is 7.24. The van der Waals surface area contributed by atoms with Crippen molar-refractivity contribution in [3.8, 4) is 17.2 Å². The molecule has 1 aliphatic rings. The molecule has 0 unspecified atom stereocenters. The molecule has 184 valence electrons. The predicted octanol–water partition coefficient (Wildman–Crippen LogP) is 3.02. The Morgan fingerprint density at radius 1 is 1.00 bits per heavy atom. The number of carbonyl (C=O) groups is 2. The Morgan fingerprint density at radius 2 is 1.74 bits per heavy atom. The molecule has 0 aromatic heterocycles. The fourth-order valence-electron chi connectivity index (χ4n) is 3.32. The Balaban J connectivity index is 1.62. The summed E-state index contributed by atoms with van der Waals surface area (Å²) in [4.78, 5) is 26.5. The first-order chi connectivity index (χ1) is 16.5. The summed E-state index contributed by atoms with van der Waals surface area (Å²) in [5.41, 5.74) is 1.26. The number of nitrogens with zero attached hydrogens (tertiary/aromatic N) is 1. The Kier molecular flexibility index (Phi) is 9.33. The van der Waals surface area contributed by atoms with Gasteiger partial charge in [0.25, 0.3) is 5.91 Å². The number of anilines is 2. The molecule has 1 N–H and O–H groups in total. The summed E-state index contributed by atoms with van der Waals surface area (Å²) < 4.78 is 40.3. The Morgan fingerprint density at radius 3 is 2.44 bits per heavy atom.